The zero-order valence-electron chi connectivity index (χ0n) is 13.0. The standard InChI is InChI=1S/C16H25N5/c1-4-12(2)16(13-8-6-5-7-9-13)14(20-17)10-15-18-11-19-21(15)3/h5-9,11-12,14,16,20H,4,10,17H2,1-3H3. The molecule has 0 aliphatic heterocycles. The molecule has 114 valence electrons. The molecule has 0 radical (unpaired) electrons. The fraction of sp³-hybridized carbons (Fsp3) is 0.500. The van der Waals surface area contributed by atoms with E-state index in [9.17, 15) is 0 Å². The van der Waals surface area contributed by atoms with Crippen molar-refractivity contribution in [2.75, 3.05) is 0 Å². The lowest BCUT2D eigenvalue weighted by atomic mass is 9.79. The molecule has 0 spiro atoms. The number of aryl methyl sites for hydroxylation is 1. The fourth-order valence-corrected chi connectivity index (χ4v) is 2.88. The molecule has 1 heterocycles. The van der Waals surface area contributed by atoms with Crippen molar-refractivity contribution in [2.45, 2.75) is 38.6 Å². The van der Waals surface area contributed by atoms with E-state index >= 15 is 0 Å². The van der Waals surface area contributed by atoms with Gasteiger partial charge in [-0.3, -0.25) is 16.0 Å². The molecule has 5 heteroatoms. The zero-order valence-corrected chi connectivity index (χ0v) is 13.0. The fourth-order valence-electron chi connectivity index (χ4n) is 2.88. The van der Waals surface area contributed by atoms with Crippen molar-refractivity contribution in [3.05, 3.63) is 48.0 Å². The highest BCUT2D eigenvalue weighted by atomic mass is 15.3. The molecule has 5 nitrogen and oxygen atoms in total. The molecular weight excluding hydrogens is 262 g/mol. The van der Waals surface area contributed by atoms with Crippen molar-refractivity contribution >= 4 is 0 Å². The normalized spacial score (nSPS) is 15.6. The molecule has 0 fully saturated rings. The van der Waals surface area contributed by atoms with E-state index in [0.29, 0.717) is 11.8 Å². The van der Waals surface area contributed by atoms with E-state index in [1.165, 1.54) is 5.56 Å². The van der Waals surface area contributed by atoms with Crippen LogP contribution in [0.3, 0.4) is 0 Å². The molecule has 1 aromatic carbocycles. The zero-order chi connectivity index (χ0) is 15.2. The van der Waals surface area contributed by atoms with Crippen molar-refractivity contribution in [1.29, 1.82) is 0 Å². The number of hydrogen-bond donors (Lipinski definition) is 2. The number of aromatic nitrogens is 3. The lowest BCUT2D eigenvalue weighted by molar-refractivity contribution is 0.329. The summed E-state index contributed by atoms with van der Waals surface area (Å²) in [5, 5.41) is 4.14. The van der Waals surface area contributed by atoms with Crippen LogP contribution in [0.1, 0.15) is 37.6 Å². The number of hydrazine groups is 1. The summed E-state index contributed by atoms with van der Waals surface area (Å²) >= 11 is 0. The minimum Gasteiger partial charge on any atom is -0.271 e. The second-order valence-electron chi connectivity index (χ2n) is 5.60. The van der Waals surface area contributed by atoms with E-state index in [1.807, 2.05) is 17.8 Å². The van der Waals surface area contributed by atoms with Crippen LogP contribution in [-0.2, 0) is 13.5 Å². The van der Waals surface area contributed by atoms with Gasteiger partial charge < -0.3 is 0 Å². The summed E-state index contributed by atoms with van der Waals surface area (Å²) in [7, 11) is 1.91. The quantitative estimate of drug-likeness (QED) is 0.604. The van der Waals surface area contributed by atoms with Gasteiger partial charge in [0, 0.05) is 25.4 Å². The number of benzene rings is 1. The van der Waals surface area contributed by atoms with Crippen molar-refractivity contribution in [2.24, 2.45) is 18.8 Å². The maximum atomic E-state index is 5.86. The number of nitrogens with two attached hydrogens (primary N) is 1. The minimum absolute atomic E-state index is 0.130. The molecule has 0 saturated carbocycles. The highest BCUT2D eigenvalue weighted by Gasteiger charge is 2.28. The van der Waals surface area contributed by atoms with Crippen molar-refractivity contribution < 1.29 is 0 Å². The van der Waals surface area contributed by atoms with Crippen molar-refractivity contribution in [3.8, 4) is 0 Å². The Morgan fingerprint density at radius 3 is 2.52 bits per heavy atom. The van der Waals surface area contributed by atoms with Crippen LogP contribution in [0.4, 0.5) is 0 Å². The Morgan fingerprint density at radius 2 is 2.00 bits per heavy atom. The van der Waals surface area contributed by atoms with Crippen LogP contribution in [0.15, 0.2) is 36.7 Å². The second-order valence-corrected chi connectivity index (χ2v) is 5.60. The number of hydrogen-bond acceptors (Lipinski definition) is 4. The van der Waals surface area contributed by atoms with E-state index < -0.39 is 0 Å². The highest BCUT2D eigenvalue weighted by molar-refractivity contribution is 5.22. The average Bonchev–Trinajstić information content (AvgIpc) is 2.92. The smallest absolute Gasteiger partial charge is 0.138 e. The summed E-state index contributed by atoms with van der Waals surface area (Å²) < 4.78 is 1.81. The van der Waals surface area contributed by atoms with Gasteiger partial charge in [-0.25, -0.2) is 4.98 Å². The van der Waals surface area contributed by atoms with E-state index in [0.717, 1.165) is 18.7 Å². The Bertz CT molecular complexity index is 537. The molecule has 21 heavy (non-hydrogen) atoms. The van der Waals surface area contributed by atoms with Gasteiger partial charge in [0.15, 0.2) is 0 Å². The van der Waals surface area contributed by atoms with E-state index in [4.69, 9.17) is 5.84 Å². The first-order chi connectivity index (χ1) is 10.2. The van der Waals surface area contributed by atoms with Crippen LogP contribution in [0.5, 0.6) is 0 Å². The predicted molar refractivity (Wildman–Crippen MR) is 84.5 cm³/mol. The van der Waals surface area contributed by atoms with Crippen LogP contribution >= 0.6 is 0 Å². The molecule has 0 amide bonds. The average molecular weight is 287 g/mol. The molecule has 2 aromatic rings. The van der Waals surface area contributed by atoms with Crippen molar-refractivity contribution in [3.63, 3.8) is 0 Å². The maximum absolute atomic E-state index is 5.86. The Kier molecular flexibility index (Phi) is 5.47. The lowest BCUT2D eigenvalue weighted by Gasteiger charge is -2.31. The van der Waals surface area contributed by atoms with Crippen LogP contribution in [-0.4, -0.2) is 20.8 Å². The van der Waals surface area contributed by atoms with Gasteiger partial charge >= 0.3 is 0 Å². The van der Waals surface area contributed by atoms with Gasteiger partial charge in [-0.05, 0) is 11.5 Å². The monoisotopic (exact) mass is 287 g/mol. The molecule has 3 N–H and O–H groups in total. The van der Waals surface area contributed by atoms with E-state index in [2.05, 4.69) is 53.6 Å². The Balaban J connectivity index is 2.27. The Hall–Kier alpha value is -1.72. The van der Waals surface area contributed by atoms with Gasteiger partial charge in [-0.15, -0.1) is 0 Å². The second kappa shape index (κ2) is 7.33. The highest BCUT2D eigenvalue weighted by Crippen LogP contribution is 2.31. The van der Waals surface area contributed by atoms with Crippen LogP contribution in [0.2, 0.25) is 0 Å². The summed E-state index contributed by atoms with van der Waals surface area (Å²) in [5.41, 5.74) is 4.32. The first-order valence-electron chi connectivity index (χ1n) is 7.51. The van der Waals surface area contributed by atoms with Crippen LogP contribution in [0.25, 0.3) is 0 Å². The summed E-state index contributed by atoms with van der Waals surface area (Å²) in [6, 6.07) is 10.7. The predicted octanol–water partition coefficient (Wildman–Crippen LogP) is 2.02. The molecule has 0 bridgehead atoms. The number of rotatable bonds is 7. The largest absolute Gasteiger partial charge is 0.271 e. The Morgan fingerprint density at radius 1 is 1.29 bits per heavy atom. The number of nitrogens with zero attached hydrogens (tertiary/aromatic N) is 3. The molecule has 0 aliphatic carbocycles. The van der Waals surface area contributed by atoms with Gasteiger partial charge in [0.25, 0.3) is 0 Å². The topological polar surface area (TPSA) is 68.8 Å². The third kappa shape index (κ3) is 3.68. The summed E-state index contributed by atoms with van der Waals surface area (Å²) in [6.45, 7) is 4.50. The van der Waals surface area contributed by atoms with Gasteiger partial charge in [0.2, 0.25) is 0 Å². The Labute approximate surface area is 126 Å². The summed E-state index contributed by atoms with van der Waals surface area (Å²) in [5.74, 6) is 7.68. The molecule has 0 saturated heterocycles. The molecule has 1 aromatic heterocycles. The van der Waals surface area contributed by atoms with Crippen LogP contribution in [0, 0.1) is 5.92 Å². The SMILES string of the molecule is CCC(C)C(c1ccccc1)C(Cc1ncnn1C)NN. The third-order valence-corrected chi connectivity index (χ3v) is 4.30. The molecule has 0 aliphatic rings. The van der Waals surface area contributed by atoms with Gasteiger partial charge in [-0.1, -0.05) is 50.6 Å². The van der Waals surface area contributed by atoms with Gasteiger partial charge in [0.1, 0.15) is 12.2 Å². The third-order valence-electron chi connectivity index (χ3n) is 4.30. The summed E-state index contributed by atoms with van der Waals surface area (Å²) in [4.78, 5) is 4.32. The van der Waals surface area contributed by atoms with Crippen molar-refractivity contribution in [1.82, 2.24) is 20.2 Å². The molecule has 2 rings (SSSR count). The first-order valence-corrected chi connectivity index (χ1v) is 7.51. The molecule has 3 unspecified atom stereocenters. The summed E-state index contributed by atoms with van der Waals surface area (Å²) in [6.07, 6.45) is 3.46. The van der Waals surface area contributed by atoms with Gasteiger partial charge in [0.05, 0.1) is 0 Å². The minimum atomic E-state index is 0.130. The lowest BCUT2D eigenvalue weighted by Crippen LogP contribution is -2.44. The van der Waals surface area contributed by atoms with E-state index in [-0.39, 0.29) is 6.04 Å². The first kappa shape index (κ1) is 15.7. The maximum Gasteiger partial charge on any atom is 0.138 e. The number of nitrogens with one attached hydrogen (secondary N) is 1. The molecular formula is C16H25N5. The molecule has 3 atom stereocenters. The van der Waals surface area contributed by atoms with E-state index in [1.54, 1.807) is 6.33 Å². The van der Waals surface area contributed by atoms with Gasteiger partial charge in [-0.2, -0.15) is 5.10 Å². The van der Waals surface area contributed by atoms with Crippen LogP contribution < -0.4 is 11.3 Å².